The summed E-state index contributed by atoms with van der Waals surface area (Å²) in [6.07, 6.45) is 1.48. The maximum absolute atomic E-state index is 12.7. The second kappa shape index (κ2) is 8.66. The molecule has 2 aliphatic heterocycles. The number of morpholine rings is 1. The average Bonchev–Trinajstić information content (AvgIpc) is 2.64. The zero-order valence-electron chi connectivity index (χ0n) is 14.8. The first-order valence-electron chi connectivity index (χ1n) is 8.90. The molecule has 1 atom stereocenters. The van der Waals surface area contributed by atoms with Gasteiger partial charge in [-0.3, -0.25) is 14.6 Å². The molecule has 2 saturated heterocycles. The van der Waals surface area contributed by atoms with Crippen LogP contribution in [0.15, 0.2) is 12.3 Å². The van der Waals surface area contributed by atoms with E-state index in [0.717, 1.165) is 31.9 Å². The van der Waals surface area contributed by atoms with Crippen LogP contribution in [-0.4, -0.2) is 101 Å². The summed E-state index contributed by atoms with van der Waals surface area (Å²) in [6.45, 7) is 8.42. The van der Waals surface area contributed by atoms with Gasteiger partial charge in [0.25, 0.3) is 0 Å². The number of nitrogens with zero attached hydrogens (tertiary/aromatic N) is 5. The number of aryl methyl sites for hydroxylation is 1. The summed E-state index contributed by atoms with van der Waals surface area (Å²) in [5.41, 5.74) is 0.901. The molecule has 1 amide bonds. The highest BCUT2D eigenvalue weighted by Crippen LogP contribution is 2.19. The number of rotatable bonds is 5. The highest BCUT2D eigenvalue weighted by Gasteiger charge is 2.28. The van der Waals surface area contributed by atoms with Crippen LogP contribution in [0.5, 0.6) is 0 Å². The van der Waals surface area contributed by atoms with Gasteiger partial charge < -0.3 is 14.7 Å². The van der Waals surface area contributed by atoms with E-state index in [0.29, 0.717) is 38.6 Å². The summed E-state index contributed by atoms with van der Waals surface area (Å²) >= 11 is 0. The van der Waals surface area contributed by atoms with Gasteiger partial charge >= 0.3 is 0 Å². The zero-order chi connectivity index (χ0) is 17.6. The number of amides is 1. The van der Waals surface area contributed by atoms with E-state index >= 15 is 0 Å². The third kappa shape index (κ3) is 4.94. The van der Waals surface area contributed by atoms with Gasteiger partial charge in [0.1, 0.15) is 6.10 Å². The van der Waals surface area contributed by atoms with Gasteiger partial charge in [-0.25, -0.2) is 9.97 Å². The first-order valence-corrected chi connectivity index (χ1v) is 8.90. The first-order chi connectivity index (χ1) is 12.2. The third-order valence-electron chi connectivity index (χ3n) is 4.76. The number of aliphatic hydroxyl groups excluding tert-OH is 1. The second-order valence-corrected chi connectivity index (χ2v) is 6.60. The minimum absolute atomic E-state index is 0.136. The highest BCUT2D eigenvalue weighted by molar-refractivity contribution is 5.78. The van der Waals surface area contributed by atoms with E-state index in [4.69, 9.17) is 9.84 Å². The summed E-state index contributed by atoms with van der Waals surface area (Å²) in [4.78, 5) is 27.6. The van der Waals surface area contributed by atoms with Crippen molar-refractivity contribution in [3.05, 3.63) is 23.8 Å². The van der Waals surface area contributed by atoms with Crippen molar-refractivity contribution in [3.8, 4) is 0 Å². The van der Waals surface area contributed by atoms with E-state index in [1.54, 1.807) is 6.20 Å². The Labute approximate surface area is 148 Å². The van der Waals surface area contributed by atoms with Gasteiger partial charge in [-0.05, 0) is 13.0 Å². The number of carbonyl (C=O) groups excluding carboxylic acids is 1. The molecule has 2 aliphatic rings. The number of β-amino-alcohol motifs (C(OH)–C–C–N with tert-alkyl or cyclic N) is 1. The van der Waals surface area contributed by atoms with Gasteiger partial charge in [-0.15, -0.1) is 0 Å². The Hall–Kier alpha value is -1.61. The van der Waals surface area contributed by atoms with Crippen LogP contribution in [0.1, 0.15) is 17.6 Å². The third-order valence-corrected chi connectivity index (χ3v) is 4.76. The molecule has 3 rings (SSSR count). The lowest BCUT2D eigenvalue weighted by molar-refractivity contribution is -0.141. The standard InChI is InChI=1S/C17H27N5O3/c1-14-2-3-18-17(19-14)15-12-22(9-11-25-15)16(24)13-21-6-4-20(5-7-21)8-10-23/h2-3,15,23H,4-13H2,1H3/t15-/m0/s1. The molecule has 1 N–H and O–H groups in total. The number of ether oxygens (including phenoxy) is 1. The lowest BCUT2D eigenvalue weighted by Crippen LogP contribution is -2.52. The number of hydrogen-bond acceptors (Lipinski definition) is 7. The fourth-order valence-corrected chi connectivity index (χ4v) is 3.26. The molecular formula is C17H27N5O3. The van der Waals surface area contributed by atoms with Gasteiger partial charge in [-0.1, -0.05) is 0 Å². The Morgan fingerprint density at radius 3 is 2.76 bits per heavy atom. The Morgan fingerprint density at radius 1 is 1.28 bits per heavy atom. The number of hydrogen-bond donors (Lipinski definition) is 1. The van der Waals surface area contributed by atoms with E-state index in [1.807, 2.05) is 17.9 Å². The molecule has 0 spiro atoms. The molecule has 0 radical (unpaired) electrons. The number of piperazine rings is 1. The molecule has 0 bridgehead atoms. The molecule has 138 valence electrons. The summed E-state index contributed by atoms with van der Waals surface area (Å²) < 4.78 is 5.77. The monoisotopic (exact) mass is 349 g/mol. The van der Waals surface area contributed by atoms with Gasteiger partial charge in [-0.2, -0.15) is 0 Å². The van der Waals surface area contributed by atoms with Gasteiger partial charge in [0, 0.05) is 51.2 Å². The molecular weight excluding hydrogens is 322 g/mol. The Balaban J connectivity index is 1.50. The van der Waals surface area contributed by atoms with Gasteiger partial charge in [0.15, 0.2) is 5.82 Å². The van der Waals surface area contributed by atoms with Crippen molar-refractivity contribution in [2.24, 2.45) is 0 Å². The van der Waals surface area contributed by atoms with Crippen molar-refractivity contribution in [2.75, 3.05) is 65.6 Å². The van der Waals surface area contributed by atoms with Crippen LogP contribution in [-0.2, 0) is 9.53 Å². The van der Waals surface area contributed by atoms with Gasteiger partial charge in [0.2, 0.25) is 5.91 Å². The lowest BCUT2D eigenvalue weighted by atomic mass is 10.2. The molecule has 8 nitrogen and oxygen atoms in total. The molecule has 8 heteroatoms. The largest absolute Gasteiger partial charge is 0.395 e. The van der Waals surface area contributed by atoms with Crippen LogP contribution in [0, 0.1) is 6.92 Å². The molecule has 1 aromatic rings. The van der Waals surface area contributed by atoms with Crippen molar-refractivity contribution in [1.29, 1.82) is 0 Å². The highest BCUT2D eigenvalue weighted by atomic mass is 16.5. The van der Waals surface area contributed by atoms with Gasteiger partial charge in [0.05, 0.1) is 26.3 Å². The fraction of sp³-hybridized carbons (Fsp3) is 0.706. The van der Waals surface area contributed by atoms with Crippen molar-refractivity contribution in [3.63, 3.8) is 0 Å². The number of aromatic nitrogens is 2. The van der Waals surface area contributed by atoms with Crippen molar-refractivity contribution in [1.82, 2.24) is 24.7 Å². The lowest BCUT2D eigenvalue weighted by Gasteiger charge is -2.37. The van der Waals surface area contributed by atoms with E-state index in [9.17, 15) is 4.79 Å². The minimum Gasteiger partial charge on any atom is -0.395 e. The summed E-state index contributed by atoms with van der Waals surface area (Å²) in [7, 11) is 0. The maximum Gasteiger partial charge on any atom is 0.236 e. The molecule has 0 aromatic carbocycles. The number of aliphatic hydroxyl groups is 1. The van der Waals surface area contributed by atoms with Crippen molar-refractivity contribution in [2.45, 2.75) is 13.0 Å². The maximum atomic E-state index is 12.7. The number of carbonyl (C=O) groups is 1. The topological polar surface area (TPSA) is 82.0 Å². The summed E-state index contributed by atoms with van der Waals surface area (Å²) in [5, 5.41) is 9.00. The first kappa shape index (κ1) is 18.2. The predicted molar refractivity (Wildman–Crippen MR) is 92.0 cm³/mol. The van der Waals surface area contributed by atoms with Crippen LogP contribution < -0.4 is 0 Å². The summed E-state index contributed by atoms with van der Waals surface area (Å²) in [5.74, 6) is 0.784. The molecule has 0 unspecified atom stereocenters. The molecule has 0 aliphatic carbocycles. The molecule has 25 heavy (non-hydrogen) atoms. The fourth-order valence-electron chi connectivity index (χ4n) is 3.26. The van der Waals surface area contributed by atoms with Crippen molar-refractivity contribution >= 4 is 5.91 Å². The second-order valence-electron chi connectivity index (χ2n) is 6.60. The van der Waals surface area contributed by atoms with E-state index < -0.39 is 0 Å². The molecule has 3 heterocycles. The average molecular weight is 349 g/mol. The van der Waals surface area contributed by atoms with Crippen LogP contribution in [0.3, 0.4) is 0 Å². The normalized spacial score (nSPS) is 23.0. The van der Waals surface area contributed by atoms with Crippen LogP contribution in [0.4, 0.5) is 0 Å². The van der Waals surface area contributed by atoms with Crippen molar-refractivity contribution < 1.29 is 14.6 Å². The zero-order valence-corrected chi connectivity index (χ0v) is 14.8. The van der Waals surface area contributed by atoms with E-state index in [1.165, 1.54) is 0 Å². The SMILES string of the molecule is Cc1ccnc([C@@H]2CN(C(=O)CN3CCN(CCO)CC3)CCO2)n1. The Bertz CT molecular complexity index is 577. The Morgan fingerprint density at radius 2 is 2.04 bits per heavy atom. The molecule has 2 fully saturated rings. The minimum atomic E-state index is -0.251. The van der Waals surface area contributed by atoms with E-state index in [2.05, 4.69) is 19.8 Å². The van der Waals surface area contributed by atoms with Crippen LogP contribution in [0.2, 0.25) is 0 Å². The Kier molecular flexibility index (Phi) is 6.30. The summed E-state index contributed by atoms with van der Waals surface area (Å²) in [6, 6.07) is 1.85. The molecule has 0 saturated carbocycles. The van der Waals surface area contributed by atoms with Crippen LogP contribution in [0.25, 0.3) is 0 Å². The smallest absolute Gasteiger partial charge is 0.236 e. The van der Waals surface area contributed by atoms with E-state index in [-0.39, 0.29) is 18.6 Å². The molecule has 1 aromatic heterocycles. The predicted octanol–water partition coefficient (Wildman–Crippen LogP) is -0.705. The van der Waals surface area contributed by atoms with Crippen LogP contribution >= 0.6 is 0 Å². The quantitative estimate of drug-likeness (QED) is 0.752.